The fourth-order valence-corrected chi connectivity index (χ4v) is 4.54. The summed E-state index contributed by atoms with van der Waals surface area (Å²) in [6.45, 7) is 9.00. The maximum Gasteiger partial charge on any atom is 0.328 e. The second kappa shape index (κ2) is 8.09. The molecule has 0 aliphatic heterocycles. The third-order valence-electron chi connectivity index (χ3n) is 6.79. The molecular formula is C20H34N2O5. The van der Waals surface area contributed by atoms with Crippen LogP contribution in [0.3, 0.4) is 0 Å². The first kappa shape index (κ1) is 21.5. The Labute approximate surface area is 160 Å². The Balaban J connectivity index is 1.88. The smallest absolute Gasteiger partial charge is 0.328 e. The number of H-pyrrole nitrogens is 1. The Kier molecular flexibility index (Phi) is 6.45. The number of carboxylic acid groups (broad SMARTS) is 1. The Bertz CT molecular complexity index is 702. The van der Waals surface area contributed by atoms with Crippen molar-refractivity contribution in [2.24, 2.45) is 16.7 Å². The Morgan fingerprint density at radius 3 is 2.30 bits per heavy atom. The van der Waals surface area contributed by atoms with E-state index < -0.39 is 12.1 Å². The van der Waals surface area contributed by atoms with Crippen molar-refractivity contribution in [1.29, 1.82) is 0 Å². The van der Waals surface area contributed by atoms with Crippen molar-refractivity contribution in [1.82, 2.24) is 9.55 Å². The maximum atomic E-state index is 12.1. The van der Waals surface area contributed by atoms with Crippen molar-refractivity contribution < 1.29 is 20.1 Å². The van der Waals surface area contributed by atoms with E-state index in [0.717, 1.165) is 19.3 Å². The number of aromatic hydroxyl groups is 1. The topological polar surface area (TPSA) is 116 Å². The molecule has 0 aromatic carbocycles. The minimum absolute atomic E-state index is 0.0798. The molecule has 1 atom stereocenters. The van der Waals surface area contributed by atoms with E-state index in [2.05, 4.69) is 32.7 Å². The molecule has 1 saturated carbocycles. The van der Waals surface area contributed by atoms with Gasteiger partial charge in [-0.25, -0.2) is 4.79 Å². The number of carboxylic acids is 1. The first-order chi connectivity index (χ1) is 12.5. The molecule has 2 rings (SSSR count). The van der Waals surface area contributed by atoms with Crippen LogP contribution in [0.25, 0.3) is 0 Å². The summed E-state index contributed by atoms with van der Waals surface area (Å²) in [5.74, 6) is -0.689. The van der Waals surface area contributed by atoms with Crippen LogP contribution < -0.4 is 5.69 Å². The van der Waals surface area contributed by atoms with Gasteiger partial charge in [0.25, 0.3) is 0 Å². The van der Waals surface area contributed by atoms with Gasteiger partial charge in [-0.15, -0.1) is 0 Å². The van der Waals surface area contributed by atoms with Gasteiger partial charge < -0.3 is 15.3 Å². The zero-order valence-electron chi connectivity index (χ0n) is 16.9. The standard InChI is InChI=1S/C20H34N2O5/c1-19(2)16(20(19,3)4)14(23)11-12-22-13(17(26)21-18(22)27)9-7-5-6-8-10-15(24)25/h14,16,23,26H,5-12H2,1-4H3,(H,21,27)(H,24,25). The monoisotopic (exact) mass is 382 g/mol. The lowest BCUT2D eigenvalue weighted by molar-refractivity contribution is -0.137. The van der Waals surface area contributed by atoms with Crippen molar-refractivity contribution in [2.75, 3.05) is 0 Å². The minimum atomic E-state index is -0.785. The maximum absolute atomic E-state index is 12.1. The number of aromatic amines is 1. The summed E-state index contributed by atoms with van der Waals surface area (Å²) in [7, 11) is 0. The zero-order chi connectivity index (χ0) is 20.4. The molecule has 0 radical (unpaired) electrons. The highest BCUT2D eigenvalue weighted by Gasteiger charge is 2.66. The summed E-state index contributed by atoms with van der Waals surface area (Å²) >= 11 is 0. The molecule has 0 bridgehead atoms. The number of nitrogens with one attached hydrogen (secondary N) is 1. The minimum Gasteiger partial charge on any atom is -0.493 e. The average molecular weight is 383 g/mol. The molecule has 154 valence electrons. The first-order valence-corrected chi connectivity index (χ1v) is 9.90. The molecule has 4 N–H and O–H groups in total. The molecule has 1 heterocycles. The van der Waals surface area contributed by atoms with Crippen molar-refractivity contribution in [3.05, 3.63) is 16.2 Å². The van der Waals surface area contributed by atoms with Gasteiger partial charge in [-0.1, -0.05) is 40.5 Å². The highest BCUT2D eigenvalue weighted by molar-refractivity contribution is 5.66. The summed E-state index contributed by atoms with van der Waals surface area (Å²) in [6.07, 6.45) is 3.78. The number of aliphatic hydroxyl groups excluding tert-OH is 1. The molecule has 0 saturated heterocycles. The van der Waals surface area contributed by atoms with Gasteiger partial charge in [-0.3, -0.25) is 14.3 Å². The van der Waals surface area contributed by atoms with Gasteiger partial charge in [0.05, 0.1) is 11.8 Å². The lowest BCUT2D eigenvalue weighted by Crippen LogP contribution is -2.24. The third kappa shape index (κ3) is 4.57. The van der Waals surface area contributed by atoms with Crippen LogP contribution in [0, 0.1) is 16.7 Å². The van der Waals surface area contributed by atoms with Crippen molar-refractivity contribution in [3.8, 4) is 5.88 Å². The number of aromatic nitrogens is 2. The summed E-state index contributed by atoms with van der Waals surface area (Å²) in [5.41, 5.74) is 0.377. The molecular weight excluding hydrogens is 348 g/mol. The quantitative estimate of drug-likeness (QED) is 0.439. The van der Waals surface area contributed by atoms with Crippen molar-refractivity contribution in [3.63, 3.8) is 0 Å². The number of aliphatic hydroxyl groups is 1. The van der Waals surface area contributed by atoms with Crippen molar-refractivity contribution >= 4 is 5.97 Å². The summed E-state index contributed by atoms with van der Waals surface area (Å²) in [4.78, 5) is 25.1. The number of hydrogen-bond acceptors (Lipinski definition) is 4. The molecule has 1 aliphatic rings. The van der Waals surface area contributed by atoms with Gasteiger partial charge in [-0.05, 0) is 42.4 Å². The van der Waals surface area contributed by atoms with Crippen LogP contribution in [0.1, 0.15) is 71.9 Å². The third-order valence-corrected chi connectivity index (χ3v) is 6.79. The Hall–Kier alpha value is -1.76. The van der Waals surface area contributed by atoms with E-state index in [1.807, 2.05) is 0 Å². The Morgan fingerprint density at radius 2 is 1.74 bits per heavy atom. The van der Waals surface area contributed by atoms with Crippen molar-refractivity contribution in [2.45, 2.75) is 85.3 Å². The van der Waals surface area contributed by atoms with Crippen LogP contribution >= 0.6 is 0 Å². The lowest BCUT2D eigenvalue weighted by atomic mass is 10.0. The molecule has 1 unspecified atom stereocenters. The molecule has 1 aromatic rings. The second-order valence-electron chi connectivity index (χ2n) is 8.96. The highest BCUT2D eigenvalue weighted by Crippen LogP contribution is 2.69. The summed E-state index contributed by atoms with van der Waals surface area (Å²) in [5, 5.41) is 29.3. The molecule has 1 fully saturated rings. The van der Waals surface area contributed by atoms with E-state index in [9.17, 15) is 19.8 Å². The van der Waals surface area contributed by atoms with Gasteiger partial charge in [-0.2, -0.15) is 0 Å². The second-order valence-corrected chi connectivity index (χ2v) is 8.96. The van der Waals surface area contributed by atoms with E-state index in [1.54, 1.807) is 0 Å². The van der Waals surface area contributed by atoms with Crippen LogP contribution in [0.4, 0.5) is 0 Å². The van der Waals surface area contributed by atoms with Gasteiger partial charge in [0.2, 0.25) is 5.88 Å². The van der Waals surface area contributed by atoms with Crippen LogP contribution in [0.2, 0.25) is 0 Å². The van der Waals surface area contributed by atoms with Gasteiger partial charge in [0.1, 0.15) is 0 Å². The molecule has 1 aromatic heterocycles. The average Bonchev–Trinajstić information content (AvgIpc) is 2.80. The van der Waals surface area contributed by atoms with Gasteiger partial charge >= 0.3 is 11.7 Å². The van der Waals surface area contributed by atoms with Gasteiger partial charge in [0.15, 0.2) is 0 Å². The predicted molar refractivity (Wildman–Crippen MR) is 103 cm³/mol. The fourth-order valence-electron chi connectivity index (χ4n) is 4.54. The highest BCUT2D eigenvalue weighted by atomic mass is 16.4. The van der Waals surface area contributed by atoms with Crippen LogP contribution in [-0.2, 0) is 17.8 Å². The molecule has 0 spiro atoms. The molecule has 7 nitrogen and oxygen atoms in total. The van der Waals surface area contributed by atoms with Crippen LogP contribution in [-0.4, -0.2) is 36.9 Å². The first-order valence-electron chi connectivity index (χ1n) is 9.90. The van der Waals surface area contributed by atoms with Crippen LogP contribution in [0.5, 0.6) is 5.88 Å². The fraction of sp³-hybridized carbons (Fsp3) is 0.800. The summed E-state index contributed by atoms with van der Waals surface area (Å²) in [6, 6.07) is 0. The SMILES string of the molecule is CC1(C)C(C(O)CCn2c(CCCCCCC(=O)O)c(O)[nH]c2=O)C1(C)C. The zero-order valence-corrected chi connectivity index (χ0v) is 16.9. The van der Waals surface area contributed by atoms with E-state index in [-0.39, 0.29) is 34.7 Å². The van der Waals surface area contributed by atoms with Gasteiger partial charge in [0, 0.05) is 13.0 Å². The van der Waals surface area contributed by atoms with E-state index in [0.29, 0.717) is 31.5 Å². The number of unbranched alkanes of at least 4 members (excludes halogenated alkanes) is 3. The summed E-state index contributed by atoms with van der Waals surface area (Å²) < 4.78 is 1.53. The number of aliphatic carboxylic acids is 1. The van der Waals surface area contributed by atoms with E-state index in [4.69, 9.17) is 5.11 Å². The number of nitrogens with zero attached hydrogens (tertiary/aromatic N) is 1. The predicted octanol–water partition coefficient (Wildman–Crippen LogP) is 2.89. The number of imidazole rings is 1. The van der Waals surface area contributed by atoms with Crippen LogP contribution in [0.15, 0.2) is 4.79 Å². The lowest BCUT2D eigenvalue weighted by Gasteiger charge is -2.14. The number of carbonyl (C=O) groups is 1. The molecule has 7 heteroatoms. The molecule has 1 aliphatic carbocycles. The molecule has 27 heavy (non-hydrogen) atoms. The largest absolute Gasteiger partial charge is 0.493 e. The van der Waals surface area contributed by atoms with E-state index >= 15 is 0 Å². The van der Waals surface area contributed by atoms with E-state index in [1.165, 1.54) is 4.57 Å². The normalized spacial score (nSPS) is 19.1. The number of rotatable bonds is 11. The Morgan fingerprint density at radius 1 is 1.15 bits per heavy atom. The number of hydrogen-bond donors (Lipinski definition) is 4. The molecule has 0 amide bonds.